The van der Waals surface area contributed by atoms with E-state index in [1.807, 2.05) is 17.2 Å². The van der Waals surface area contributed by atoms with Crippen LogP contribution in [0.1, 0.15) is 62.0 Å². The fraction of sp³-hybridized carbons (Fsp3) is 0.524. The highest BCUT2D eigenvalue weighted by Gasteiger charge is 2.27. The zero-order valence-electron chi connectivity index (χ0n) is 15.6. The number of carbonyl (C=O) groups is 1. The summed E-state index contributed by atoms with van der Waals surface area (Å²) in [4.78, 5) is 19.3. The van der Waals surface area contributed by atoms with Crippen LogP contribution < -0.4 is 0 Å². The third-order valence-electron chi connectivity index (χ3n) is 5.26. The quantitative estimate of drug-likeness (QED) is 0.822. The highest BCUT2D eigenvalue weighted by molar-refractivity contribution is 5.76. The van der Waals surface area contributed by atoms with Gasteiger partial charge in [0, 0.05) is 43.9 Å². The first kappa shape index (κ1) is 17.7. The summed E-state index contributed by atoms with van der Waals surface area (Å²) in [6, 6.07) is 8.75. The fourth-order valence-electron chi connectivity index (χ4n) is 3.78. The molecule has 1 fully saturated rings. The van der Waals surface area contributed by atoms with Crippen LogP contribution in [0.2, 0.25) is 0 Å². The number of hydrogen-bond donors (Lipinski definition) is 0. The molecule has 0 N–H and O–H groups in total. The molecule has 0 radical (unpaired) electrons. The number of benzene rings is 1. The van der Waals surface area contributed by atoms with Crippen LogP contribution in [-0.2, 0) is 11.2 Å². The number of nitrogens with zero attached hydrogens (tertiary/aromatic N) is 3. The number of carbonyl (C=O) groups excluding carboxylic acids is 1. The molecule has 4 nitrogen and oxygen atoms in total. The van der Waals surface area contributed by atoms with Gasteiger partial charge in [-0.1, -0.05) is 24.3 Å². The van der Waals surface area contributed by atoms with E-state index in [0.717, 1.165) is 38.2 Å². The van der Waals surface area contributed by atoms with E-state index in [-0.39, 0.29) is 5.91 Å². The van der Waals surface area contributed by atoms with E-state index in [0.29, 0.717) is 18.4 Å². The van der Waals surface area contributed by atoms with Crippen LogP contribution in [0.4, 0.5) is 0 Å². The van der Waals surface area contributed by atoms with Crippen molar-refractivity contribution in [3.8, 4) is 0 Å². The summed E-state index contributed by atoms with van der Waals surface area (Å²) in [6.07, 6.45) is 7.54. The minimum absolute atomic E-state index is 0.274. The molecule has 3 rings (SSSR count). The number of rotatable bonds is 5. The molecule has 134 valence electrons. The SMILES string of the molecule is Cc1ccccc1CCC(=O)N1CCCC(c2nccn2C(C)C)C1. The molecule has 2 aromatic rings. The molecule has 1 amide bonds. The van der Waals surface area contributed by atoms with E-state index in [2.05, 4.69) is 54.7 Å². The lowest BCUT2D eigenvalue weighted by Crippen LogP contribution is -2.40. The molecule has 1 saturated heterocycles. The Hall–Kier alpha value is -2.10. The van der Waals surface area contributed by atoms with Gasteiger partial charge in [0.15, 0.2) is 0 Å². The first-order valence-electron chi connectivity index (χ1n) is 9.41. The molecule has 2 heterocycles. The van der Waals surface area contributed by atoms with Gasteiger partial charge in [-0.3, -0.25) is 4.79 Å². The van der Waals surface area contributed by atoms with Gasteiger partial charge in [-0.25, -0.2) is 4.98 Å². The molecule has 0 aliphatic carbocycles. The molecule has 1 atom stereocenters. The molecule has 1 aromatic carbocycles. The van der Waals surface area contributed by atoms with Crippen LogP contribution in [0, 0.1) is 6.92 Å². The Morgan fingerprint density at radius 1 is 1.32 bits per heavy atom. The van der Waals surface area contributed by atoms with Gasteiger partial charge in [-0.15, -0.1) is 0 Å². The van der Waals surface area contributed by atoms with Gasteiger partial charge in [0.25, 0.3) is 0 Å². The topological polar surface area (TPSA) is 38.1 Å². The maximum absolute atomic E-state index is 12.7. The van der Waals surface area contributed by atoms with Crippen molar-refractivity contribution in [3.63, 3.8) is 0 Å². The van der Waals surface area contributed by atoms with Crippen LogP contribution in [0.3, 0.4) is 0 Å². The van der Waals surface area contributed by atoms with Crippen LogP contribution in [-0.4, -0.2) is 33.4 Å². The van der Waals surface area contributed by atoms with Crippen molar-refractivity contribution in [1.82, 2.24) is 14.5 Å². The Morgan fingerprint density at radius 3 is 2.88 bits per heavy atom. The van der Waals surface area contributed by atoms with Crippen LogP contribution in [0.25, 0.3) is 0 Å². The molecule has 1 unspecified atom stereocenters. The first-order chi connectivity index (χ1) is 12.1. The Morgan fingerprint density at radius 2 is 2.12 bits per heavy atom. The van der Waals surface area contributed by atoms with Gasteiger partial charge in [-0.2, -0.15) is 0 Å². The zero-order chi connectivity index (χ0) is 17.8. The summed E-state index contributed by atoms with van der Waals surface area (Å²) >= 11 is 0. The summed E-state index contributed by atoms with van der Waals surface area (Å²) in [5, 5.41) is 0. The smallest absolute Gasteiger partial charge is 0.222 e. The van der Waals surface area contributed by atoms with E-state index in [9.17, 15) is 4.79 Å². The average molecular weight is 339 g/mol. The summed E-state index contributed by atoms with van der Waals surface area (Å²) in [6.45, 7) is 8.16. The van der Waals surface area contributed by atoms with Gasteiger partial charge in [0.2, 0.25) is 5.91 Å². The largest absolute Gasteiger partial charge is 0.342 e. The monoisotopic (exact) mass is 339 g/mol. The van der Waals surface area contributed by atoms with Crippen molar-refractivity contribution >= 4 is 5.91 Å². The van der Waals surface area contributed by atoms with E-state index >= 15 is 0 Å². The third kappa shape index (κ3) is 4.12. The summed E-state index contributed by atoms with van der Waals surface area (Å²) in [5.74, 6) is 1.76. The third-order valence-corrected chi connectivity index (χ3v) is 5.26. The minimum Gasteiger partial charge on any atom is -0.342 e. The van der Waals surface area contributed by atoms with E-state index in [1.54, 1.807) is 0 Å². The van der Waals surface area contributed by atoms with Crippen LogP contribution >= 0.6 is 0 Å². The van der Waals surface area contributed by atoms with Crippen molar-refractivity contribution in [2.45, 2.75) is 58.4 Å². The van der Waals surface area contributed by atoms with E-state index in [1.165, 1.54) is 11.1 Å². The minimum atomic E-state index is 0.274. The second-order valence-corrected chi connectivity index (χ2v) is 7.39. The summed E-state index contributed by atoms with van der Waals surface area (Å²) in [5.41, 5.74) is 2.55. The number of imidazole rings is 1. The number of aryl methyl sites for hydroxylation is 2. The molecule has 0 spiro atoms. The molecular weight excluding hydrogens is 310 g/mol. The zero-order valence-corrected chi connectivity index (χ0v) is 15.6. The second-order valence-electron chi connectivity index (χ2n) is 7.39. The van der Waals surface area contributed by atoms with Crippen molar-refractivity contribution in [3.05, 3.63) is 53.6 Å². The Kier molecular flexibility index (Phi) is 5.57. The summed E-state index contributed by atoms with van der Waals surface area (Å²) in [7, 11) is 0. The van der Waals surface area contributed by atoms with Gasteiger partial charge < -0.3 is 9.47 Å². The van der Waals surface area contributed by atoms with Gasteiger partial charge in [0.05, 0.1) is 0 Å². The molecule has 0 bridgehead atoms. The molecular formula is C21H29N3O. The van der Waals surface area contributed by atoms with Crippen molar-refractivity contribution in [1.29, 1.82) is 0 Å². The lowest BCUT2D eigenvalue weighted by molar-refractivity contribution is -0.132. The van der Waals surface area contributed by atoms with Crippen molar-refractivity contribution in [2.24, 2.45) is 0 Å². The van der Waals surface area contributed by atoms with Crippen molar-refractivity contribution < 1.29 is 4.79 Å². The predicted molar refractivity (Wildman–Crippen MR) is 101 cm³/mol. The first-order valence-corrected chi connectivity index (χ1v) is 9.41. The Bertz CT molecular complexity index is 719. The lowest BCUT2D eigenvalue weighted by atomic mass is 9.96. The molecule has 4 heteroatoms. The number of aromatic nitrogens is 2. The number of piperidine rings is 1. The standard InChI is InChI=1S/C21H29N3O/c1-16(2)24-14-12-22-21(24)19-9-6-13-23(15-19)20(25)11-10-18-8-5-4-7-17(18)3/h4-5,7-8,12,14,16,19H,6,9-11,13,15H2,1-3H3. The molecule has 1 aromatic heterocycles. The Balaban J connectivity index is 1.62. The summed E-state index contributed by atoms with van der Waals surface area (Å²) < 4.78 is 2.24. The molecule has 25 heavy (non-hydrogen) atoms. The highest BCUT2D eigenvalue weighted by atomic mass is 16.2. The fourth-order valence-corrected chi connectivity index (χ4v) is 3.78. The van der Waals surface area contributed by atoms with Crippen LogP contribution in [0.15, 0.2) is 36.7 Å². The predicted octanol–water partition coefficient (Wildman–Crippen LogP) is 4.11. The lowest BCUT2D eigenvalue weighted by Gasteiger charge is -2.33. The number of likely N-dealkylation sites (tertiary alicyclic amines) is 1. The molecule has 1 aliphatic rings. The number of amides is 1. The van der Waals surface area contributed by atoms with E-state index in [4.69, 9.17) is 0 Å². The van der Waals surface area contributed by atoms with Crippen molar-refractivity contribution in [2.75, 3.05) is 13.1 Å². The highest BCUT2D eigenvalue weighted by Crippen LogP contribution is 2.28. The van der Waals surface area contributed by atoms with Gasteiger partial charge in [0.1, 0.15) is 5.82 Å². The second kappa shape index (κ2) is 7.85. The molecule has 0 saturated carbocycles. The van der Waals surface area contributed by atoms with Gasteiger partial charge >= 0.3 is 0 Å². The normalized spacial score (nSPS) is 17.9. The number of hydrogen-bond acceptors (Lipinski definition) is 2. The molecule has 1 aliphatic heterocycles. The Labute approximate surface area is 150 Å². The van der Waals surface area contributed by atoms with Crippen LogP contribution in [0.5, 0.6) is 0 Å². The maximum atomic E-state index is 12.7. The average Bonchev–Trinajstić information content (AvgIpc) is 3.11. The van der Waals surface area contributed by atoms with Gasteiger partial charge in [-0.05, 0) is 51.2 Å². The maximum Gasteiger partial charge on any atom is 0.222 e. The van der Waals surface area contributed by atoms with E-state index < -0.39 is 0 Å².